The van der Waals surface area contributed by atoms with Gasteiger partial charge in [-0.2, -0.15) is 11.8 Å². The lowest BCUT2D eigenvalue weighted by molar-refractivity contribution is 0.295. The van der Waals surface area contributed by atoms with Crippen LogP contribution in [0.25, 0.3) is 0 Å². The van der Waals surface area contributed by atoms with E-state index in [1.54, 1.807) is 7.11 Å². The van der Waals surface area contributed by atoms with Crippen LogP contribution >= 0.6 is 11.8 Å². The number of hydrogen-bond donors (Lipinski definition) is 2. The van der Waals surface area contributed by atoms with E-state index in [1.807, 2.05) is 30.0 Å². The van der Waals surface area contributed by atoms with Gasteiger partial charge in [0.15, 0.2) is 5.96 Å². The van der Waals surface area contributed by atoms with E-state index < -0.39 is 0 Å². The molecule has 0 fully saturated rings. The Labute approximate surface area is 144 Å². The zero-order valence-corrected chi connectivity index (χ0v) is 15.7. The first-order valence-corrected chi connectivity index (χ1v) is 9.33. The summed E-state index contributed by atoms with van der Waals surface area (Å²) in [5, 5.41) is 6.66. The zero-order chi connectivity index (χ0) is 17.1. The number of hydrogen-bond acceptors (Lipinski definition) is 4. The molecule has 0 saturated carbocycles. The maximum absolute atomic E-state index is 5.50. The van der Waals surface area contributed by atoms with Gasteiger partial charge in [-0.25, -0.2) is 0 Å². The largest absolute Gasteiger partial charge is 0.496 e. The molecule has 0 radical (unpaired) electrons. The number of rotatable bonds is 9. The van der Waals surface area contributed by atoms with E-state index in [-0.39, 0.29) is 6.04 Å². The Bertz CT molecular complexity index is 479. The fraction of sp³-hybridized carbons (Fsp3) is 0.588. The second-order valence-corrected chi connectivity index (χ2v) is 6.35. The summed E-state index contributed by atoms with van der Waals surface area (Å²) in [6.07, 6.45) is 2.11. The lowest BCUT2D eigenvalue weighted by Crippen LogP contribution is -2.39. The second-order valence-electron chi connectivity index (χ2n) is 5.36. The summed E-state index contributed by atoms with van der Waals surface area (Å²) in [4.78, 5) is 6.92. The highest BCUT2D eigenvalue weighted by Crippen LogP contribution is 2.28. The van der Waals surface area contributed by atoms with E-state index in [9.17, 15) is 0 Å². The van der Waals surface area contributed by atoms with Gasteiger partial charge in [0.2, 0.25) is 0 Å². The van der Waals surface area contributed by atoms with Crippen LogP contribution in [0.2, 0.25) is 0 Å². The minimum atomic E-state index is 0.169. The summed E-state index contributed by atoms with van der Waals surface area (Å²) >= 11 is 1.82. The van der Waals surface area contributed by atoms with Crippen molar-refractivity contribution in [3.63, 3.8) is 0 Å². The molecular formula is C17H30N4OS. The predicted octanol–water partition coefficient (Wildman–Crippen LogP) is 2.22. The first-order chi connectivity index (χ1) is 11.1. The monoisotopic (exact) mass is 338 g/mol. The number of methoxy groups -OCH3 is 1. The van der Waals surface area contributed by atoms with Crippen molar-refractivity contribution in [2.45, 2.75) is 13.0 Å². The van der Waals surface area contributed by atoms with Crippen molar-refractivity contribution in [3.8, 4) is 5.75 Å². The molecule has 0 bridgehead atoms. The van der Waals surface area contributed by atoms with E-state index in [2.05, 4.69) is 48.9 Å². The number of likely N-dealkylation sites (N-methyl/N-ethyl adjacent to an activating group) is 1. The van der Waals surface area contributed by atoms with Crippen molar-refractivity contribution in [2.75, 3.05) is 52.8 Å². The molecular weight excluding hydrogens is 308 g/mol. The van der Waals surface area contributed by atoms with Crippen LogP contribution in [0.4, 0.5) is 0 Å². The molecule has 0 saturated heterocycles. The average Bonchev–Trinajstić information content (AvgIpc) is 2.55. The zero-order valence-electron chi connectivity index (χ0n) is 14.9. The van der Waals surface area contributed by atoms with E-state index in [1.165, 1.54) is 0 Å². The number of nitrogens with zero attached hydrogens (tertiary/aromatic N) is 2. The van der Waals surface area contributed by atoms with E-state index in [0.29, 0.717) is 6.54 Å². The smallest absolute Gasteiger partial charge is 0.191 e. The maximum Gasteiger partial charge on any atom is 0.191 e. The van der Waals surface area contributed by atoms with Crippen LogP contribution in [0.15, 0.2) is 29.3 Å². The Balaban J connectivity index is 2.86. The molecule has 1 rings (SSSR count). The van der Waals surface area contributed by atoms with Gasteiger partial charge in [-0.05, 0) is 33.3 Å². The maximum atomic E-state index is 5.50. The van der Waals surface area contributed by atoms with Crippen LogP contribution in [0, 0.1) is 0 Å². The summed E-state index contributed by atoms with van der Waals surface area (Å²) in [5.41, 5.74) is 1.16. The van der Waals surface area contributed by atoms with E-state index >= 15 is 0 Å². The van der Waals surface area contributed by atoms with Crippen LogP contribution in [0.1, 0.15) is 18.5 Å². The molecule has 6 heteroatoms. The number of ether oxygens (including phenoxy) is 1. The van der Waals surface area contributed by atoms with Gasteiger partial charge in [0.25, 0.3) is 0 Å². The summed E-state index contributed by atoms with van der Waals surface area (Å²) in [6, 6.07) is 8.30. The van der Waals surface area contributed by atoms with Crippen molar-refractivity contribution < 1.29 is 4.74 Å². The quantitative estimate of drug-likeness (QED) is 0.411. The first kappa shape index (κ1) is 19.6. The molecule has 1 atom stereocenters. The van der Waals surface area contributed by atoms with Crippen molar-refractivity contribution in [3.05, 3.63) is 29.8 Å². The van der Waals surface area contributed by atoms with Crippen LogP contribution in [-0.4, -0.2) is 63.7 Å². The second kappa shape index (κ2) is 11.2. The fourth-order valence-electron chi connectivity index (χ4n) is 2.27. The molecule has 0 aromatic heterocycles. The van der Waals surface area contributed by atoms with Crippen LogP contribution in [0.5, 0.6) is 5.75 Å². The molecule has 0 spiro atoms. The van der Waals surface area contributed by atoms with Gasteiger partial charge in [0.05, 0.1) is 19.7 Å². The third-order valence-corrected chi connectivity index (χ3v) is 4.10. The molecule has 1 unspecified atom stereocenters. The number of benzene rings is 1. The number of guanidine groups is 1. The van der Waals surface area contributed by atoms with Gasteiger partial charge in [-0.15, -0.1) is 0 Å². The molecule has 130 valence electrons. The molecule has 0 aliphatic heterocycles. The van der Waals surface area contributed by atoms with Crippen molar-refractivity contribution in [1.82, 2.24) is 15.5 Å². The van der Waals surface area contributed by atoms with E-state index in [0.717, 1.165) is 36.1 Å². The van der Waals surface area contributed by atoms with Gasteiger partial charge in [0, 0.05) is 24.4 Å². The molecule has 5 nitrogen and oxygen atoms in total. The minimum Gasteiger partial charge on any atom is -0.496 e. The highest BCUT2D eigenvalue weighted by Gasteiger charge is 2.18. The van der Waals surface area contributed by atoms with Crippen LogP contribution < -0.4 is 15.4 Å². The standard InChI is InChI=1S/C17H30N4OS/c1-6-18-17(19-11-12-23-5)20-13-15(21(2)3)14-9-7-8-10-16(14)22-4/h7-10,15H,6,11-13H2,1-5H3,(H2,18,19,20). The fourth-order valence-corrected chi connectivity index (χ4v) is 2.58. The van der Waals surface area contributed by atoms with Crippen LogP contribution in [-0.2, 0) is 0 Å². The topological polar surface area (TPSA) is 48.9 Å². The molecule has 2 N–H and O–H groups in total. The minimum absolute atomic E-state index is 0.169. The molecule has 1 aromatic carbocycles. The van der Waals surface area contributed by atoms with E-state index in [4.69, 9.17) is 9.73 Å². The Morgan fingerprint density at radius 3 is 2.65 bits per heavy atom. The molecule has 0 aliphatic rings. The third kappa shape index (κ3) is 6.71. The number of aliphatic imine (C=N–C) groups is 1. The molecule has 0 heterocycles. The predicted molar refractivity (Wildman–Crippen MR) is 102 cm³/mol. The molecule has 0 aliphatic carbocycles. The summed E-state index contributed by atoms with van der Waals surface area (Å²) < 4.78 is 5.50. The lowest BCUT2D eigenvalue weighted by atomic mass is 10.0. The van der Waals surface area contributed by atoms with Gasteiger partial charge < -0.3 is 20.3 Å². The van der Waals surface area contributed by atoms with Crippen LogP contribution in [0.3, 0.4) is 0 Å². The number of thioether (sulfide) groups is 1. The Kier molecular flexibility index (Phi) is 9.55. The van der Waals surface area contributed by atoms with Gasteiger partial charge in [-0.1, -0.05) is 18.2 Å². The normalized spacial score (nSPS) is 13.0. The van der Waals surface area contributed by atoms with Gasteiger partial charge in [-0.3, -0.25) is 4.99 Å². The SMILES string of the molecule is CCNC(=NCC(c1ccccc1OC)N(C)C)NCCSC. The summed E-state index contributed by atoms with van der Waals surface area (Å²) in [5.74, 6) is 2.83. The Hall–Kier alpha value is -1.40. The molecule has 0 amide bonds. The summed E-state index contributed by atoms with van der Waals surface area (Å²) in [7, 11) is 5.85. The van der Waals surface area contributed by atoms with Crippen molar-refractivity contribution in [2.24, 2.45) is 4.99 Å². The highest BCUT2D eigenvalue weighted by molar-refractivity contribution is 7.98. The first-order valence-electron chi connectivity index (χ1n) is 7.94. The van der Waals surface area contributed by atoms with Gasteiger partial charge in [0.1, 0.15) is 5.75 Å². The highest BCUT2D eigenvalue weighted by atomic mass is 32.2. The Morgan fingerprint density at radius 1 is 1.30 bits per heavy atom. The average molecular weight is 339 g/mol. The number of nitrogens with one attached hydrogen (secondary N) is 2. The molecule has 1 aromatic rings. The summed E-state index contributed by atoms with van der Waals surface area (Å²) in [6.45, 7) is 4.51. The van der Waals surface area contributed by atoms with Crippen molar-refractivity contribution in [1.29, 1.82) is 0 Å². The molecule has 23 heavy (non-hydrogen) atoms. The lowest BCUT2D eigenvalue weighted by Gasteiger charge is -2.25. The Morgan fingerprint density at radius 2 is 2.04 bits per heavy atom. The third-order valence-electron chi connectivity index (χ3n) is 3.49. The number of para-hydroxylation sites is 1. The van der Waals surface area contributed by atoms with Gasteiger partial charge >= 0.3 is 0 Å². The van der Waals surface area contributed by atoms with Crippen molar-refractivity contribution >= 4 is 17.7 Å².